The van der Waals surface area contributed by atoms with Gasteiger partial charge in [0.05, 0.1) is 0 Å². The van der Waals surface area contributed by atoms with Gasteiger partial charge in [-0.2, -0.15) is 0 Å². The van der Waals surface area contributed by atoms with Crippen LogP contribution in [0.2, 0.25) is 0 Å². The molecule has 88 valence electrons. The van der Waals surface area contributed by atoms with Crippen LogP contribution in [0.25, 0.3) is 0 Å². The Kier molecular flexibility index (Phi) is 4.07. The molecular weight excluding hydrogens is 200 g/mol. The van der Waals surface area contributed by atoms with Crippen molar-refractivity contribution < 1.29 is 4.79 Å². The van der Waals surface area contributed by atoms with Crippen molar-refractivity contribution in [3.8, 4) is 0 Å². The Labute approximate surface area is 97.2 Å². The van der Waals surface area contributed by atoms with Crippen LogP contribution in [-0.4, -0.2) is 11.4 Å². The Hall–Kier alpha value is -1.35. The van der Waals surface area contributed by atoms with Crippen LogP contribution in [0.4, 0.5) is 5.69 Å². The fourth-order valence-electron chi connectivity index (χ4n) is 1.28. The molecule has 0 saturated carbocycles. The van der Waals surface area contributed by atoms with Crippen LogP contribution in [-0.2, 0) is 11.3 Å². The zero-order chi connectivity index (χ0) is 12.2. The monoisotopic (exact) mass is 220 g/mol. The lowest BCUT2D eigenvalue weighted by Crippen LogP contribution is -2.35. The number of carbonyl (C=O) groups excluding carboxylic acids is 1. The largest absolute Gasteiger partial charge is 0.326 e. The molecule has 0 spiro atoms. The Bertz CT molecular complexity index is 349. The van der Waals surface area contributed by atoms with Crippen molar-refractivity contribution in [3.63, 3.8) is 0 Å². The van der Waals surface area contributed by atoms with E-state index in [2.05, 4.69) is 31.4 Å². The van der Waals surface area contributed by atoms with Gasteiger partial charge in [0.2, 0.25) is 5.91 Å². The zero-order valence-electron chi connectivity index (χ0n) is 10.4. The Morgan fingerprint density at radius 2 is 1.75 bits per heavy atom. The average Bonchev–Trinajstić information content (AvgIpc) is 2.14. The minimum Gasteiger partial charge on any atom is -0.326 e. The summed E-state index contributed by atoms with van der Waals surface area (Å²) in [6, 6.07) is 7.87. The van der Waals surface area contributed by atoms with E-state index in [1.165, 1.54) is 12.5 Å². The molecule has 0 atom stereocenters. The molecule has 0 aliphatic carbocycles. The highest BCUT2D eigenvalue weighted by Crippen LogP contribution is 2.10. The lowest BCUT2D eigenvalue weighted by molar-refractivity contribution is -0.114. The number of nitrogens with one attached hydrogen (secondary N) is 2. The number of carbonyl (C=O) groups is 1. The molecule has 1 aromatic carbocycles. The van der Waals surface area contributed by atoms with Crippen molar-refractivity contribution >= 4 is 11.6 Å². The maximum atomic E-state index is 10.8. The summed E-state index contributed by atoms with van der Waals surface area (Å²) in [7, 11) is 0. The standard InChI is InChI=1S/C13H20N2O/c1-10(16)15-12-7-5-11(6-8-12)9-14-13(2,3)4/h5-8,14H,9H2,1-4H3,(H,15,16). The van der Waals surface area contributed by atoms with E-state index >= 15 is 0 Å². The molecule has 1 rings (SSSR count). The molecule has 0 heterocycles. The summed E-state index contributed by atoms with van der Waals surface area (Å²) in [5.41, 5.74) is 2.17. The van der Waals surface area contributed by atoms with E-state index in [1.807, 2.05) is 24.3 Å². The van der Waals surface area contributed by atoms with Crippen molar-refractivity contribution in [2.45, 2.75) is 39.8 Å². The van der Waals surface area contributed by atoms with Gasteiger partial charge in [-0.1, -0.05) is 12.1 Å². The van der Waals surface area contributed by atoms with Crippen LogP contribution >= 0.6 is 0 Å². The lowest BCUT2D eigenvalue weighted by Gasteiger charge is -2.20. The van der Waals surface area contributed by atoms with Crippen LogP contribution in [0, 0.1) is 0 Å². The fourth-order valence-corrected chi connectivity index (χ4v) is 1.28. The normalized spacial score (nSPS) is 11.2. The van der Waals surface area contributed by atoms with Gasteiger partial charge in [0, 0.05) is 24.7 Å². The molecule has 3 nitrogen and oxygen atoms in total. The first-order valence-corrected chi connectivity index (χ1v) is 5.48. The van der Waals surface area contributed by atoms with Crippen LogP contribution in [0.1, 0.15) is 33.3 Å². The molecule has 0 saturated heterocycles. The average molecular weight is 220 g/mol. The van der Waals surface area contributed by atoms with Gasteiger partial charge in [-0.25, -0.2) is 0 Å². The zero-order valence-corrected chi connectivity index (χ0v) is 10.4. The fraction of sp³-hybridized carbons (Fsp3) is 0.462. The molecule has 0 aromatic heterocycles. The summed E-state index contributed by atoms with van der Waals surface area (Å²) < 4.78 is 0. The van der Waals surface area contributed by atoms with Crippen molar-refractivity contribution in [2.24, 2.45) is 0 Å². The summed E-state index contributed by atoms with van der Waals surface area (Å²) in [4.78, 5) is 10.8. The third-order valence-electron chi connectivity index (χ3n) is 2.10. The second-order valence-electron chi connectivity index (χ2n) is 4.98. The maximum Gasteiger partial charge on any atom is 0.221 e. The van der Waals surface area contributed by atoms with Crippen molar-refractivity contribution in [1.29, 1.82) is 0 Å². The molecule has 0 radical (unpaired) electrons. The smallest absolute Gasteiger partial charge is 0.221 e. The van der Waals surface area contributed by atoms with Gasteiger partial charge in [0.1, 0.15) is 0 Å². The second-order valence-corrected chi connectivity index (χ2v) is 4.98. The Morgan fingerprint density at radius 3 is 2.19 bits per heavy atom. The summed E-state index contributed by atoms with van der Waals surface area (Å²) in [6.45, 7) is 8.76. The van der Waals surface area contributed by atoms with E-state index in [9.17, 15) is 4.79 Å². The SMILES string of the molecule is CC(=O)Nc1ccc(CNC(C)(C)C)cc1. The highest BCUT2D eigenvalue weighted by molar-refractivity contribution is 5.88. The van der Waals surface area contributed by atoms with Gasteiger partial charge in [0.15, 0.2) is 0 Å². The van der Waals surface area contributed by atoms with Crippen LogP contribution in [0.3, 0.4) is 0 Å². The summed E-state index contributed by atoms with van der Waals surface area (Å²) in [5, 5.41) is 6.16. The third kappa shape index (κ3) is 4.94. The third-order valence-corrected chi connectivity index (χ3v) is 2.10. The van der Waals surface area contributed by atoms with E-state index < -0.39 is 0 Å². The first-order valence-electron chi connectivity index (χ1n) is 5.48. The van der Waals surface area contributed by atoms with Crippen molar-refractivity contribution in [1.82, 2.24) is 5.32 Å². The molecule has 0 unspecified atom stereocenters. The van der Waals surface area contributed by atoms with Gasteiger partial charge in [-0.3, -0.25) is 4.79 Å². The van der Waals surface area contributed by atoms with Crippen LogP contribution in [0.15, 0.2) is 24.3 Å². The van der Waals surface area contributed by atoms with E-state index in [1.54, 1.807) is 0 Å². The summed E-state index contributed by atoms with van der Waals surface area (Å²) in [5.74, 6) is -0.0411. The minimum absolute atomic E-state index is 0.0411. The Balaban J connectivity index is 2.55. The second kappa shape index (κ2) is 5.12. The van der Waals surface area contributed by atoms with E-state index in [-0.39, 0.29) is 11.4 Å². The molecule has 0 aliphatic heterocycles. The number of hydrogen-bond donors (Lipinski definition) is 2. The lowest BCUT2D eigenvalue weighted by atomic mass is 10.1. The van der Waals surface area contributed by atoms with Gasteiger partial charge in [-0.15, -0.1) is 0 Å². The molecule has 0 bridgehead atoms. The van der Waals surface area contributed by atoms with E-state index in [0.717, 1.165) is 12.2 Å². The van der Waals surface area contributed by atoms with Gasteiger partial charge >= 0.3 is 0 Å². The highest BCUT2D eigenvalue weighted by atomic mass is 16.1. The molecular formula is C13H20N2O. The van der Waals surface area contributed by atoms with E-state index in [4.69, 9.17) is 0 Å². The topological polar surface area (TPSA) is 41.1 Å². The molecule has 2 N–H and O–H groups in total. The molecule has 0 fully saturated rings. The number of anilines is 1. The van der Waals surface area contributed by atoms with E-state index in [0.29, 0.717) is 0 Å². The predicted octanol–water partition coefficient (Wildman–Crippen LogP) is 2.53. The molecule has 16 heavy (non-hydrogen) atoms. The van der Waals surface area contributed by atoms with Crippen molar-refractivity contribution in [2.75, 3.05) is 5.32 Å². The maximum absolute atomic E-state index is 10.8. The van der Waals surface area contributed by atoms with Gasteiger partial charge < -0.3 is 10.6 Å². The Morgan fingerprint density at radius 1 is 1.19 bits per heavy atom. The van der Waals surface area contributed by atoms with Gasteiger partial charge in [0.25, 0.3) is 0 Å². The summed E-state index contributed by atoms with van der Waals surface area (Å²) in [6.07, 6.45) is 0. The number of rotatable bonds is 3. The minimum atomic E-state index is -0.0411. The first-order chi connectivity index (χ1) is 7.37. The van der Waals surface area contributed by atoms with Crippen LogP contribution < -0.4 is 10.6 Å². The molecule has 0 aliphatic rings. The molecule has 1 amide bonds. The highest BCUT2D eigenvalue weighted by Gasteiger charge is 2.07. The number of amides is 1. The van der Waals surface area contributed by atoms with Crippen molar-refractivity contribution in [3.05, 3.63) is 29.8 Å². The summed E-state index contributed by atoms with van der Waals surface area (Å²) >= 11 is 0. The number of hydrogen-bond acceptors (Lipinski definition) is 2. The van der Waals surface area contributed by atoms with Crippen LogP contribution in [0.5, 0.6) is 0 Å². The quantitative estimate of drug-likeness (QED) is 0.822. The number of benzene rings is 1. The first kappa shape index (κ1) is 12.7. The van der Waals surface area contributed by atoms with Gasteiger partial charge in [-0.05, 0) is 38.5 Å². The molecule has 1 aromatic rings. The molecule has 3 heteroatoms. The predicted molar refractivity (Wildman–Crippen MR) is 67.3 cm³/mol.